The molecule has 0 saturated carbocycles. The zero-order valence-corrected chi connectivity index (χ0v) is 23.0. The number of carbonyl (C=O) groups excluding carboxylic acids is 3. The van der Waals surface area contributed by atoms with Crippen molar-refractivity contribution in [1.29, 1.82) is 0 Å². The van der Waals surface area contributed by atoms with Crippen LogP contribution in [0.1, 0.15) is 57.2 Å². The van der Waals surface area contributed by atoms with Crippen LogP contribution in [-0.2, 0) is 4.79 Å². The molecule has 0 aliphatic heterocycles. The van der Waals surface area contributed by atoms with Crippen LogP contribution in [0.25, 0.3) is 12.2 Å². The van der Waals surface area contributed by atoms with Crippen LogP contribution in [-0.4, -0.2) is 17.6 Å². The number of halogens is 1. The minimum atomic E-state index is -0.534. The van der Waals surface area contributed by atoms with Crippen molar-refractivity contribution in [2.75, 3.05) is 5.32 Å². The third-order valence-electron chi connectivity index (χ3n) is 6.19. The minimum Gasteiger partial charge on any atom is -0.321 e. The molecule has 0 spiro atoms. The van der Waals surface area contributed by atoms with Crippen molar-refractivity contribution in [1.82, 2.24) is 5.32 Å². The van der Waals surface area contributed by atoms with E-state index in [-0.39, 0.29) is 11.5 Å². The maximum Gasteiger partial charge on any atom is 0.272 e. The molecule has 0 heterocycles. The predicted molar refractivity (Wildman–Crippen MR) is 162 cm³/mol. The van der Waals surface area contributed by atoms with E-state index in [1.165, 1.54) is 17.7 Å². The smallest absolute Gasteiger partial charge is 0.272 e. The number of amides is 2. The molecule has 4 rings (SSSR count). The normalized spacial score (nSPS) is 11.4. The van der Waals surface area contributed by atoms with E-state index in [9.17, 15) is 14.4 Å². The lowest BCUT2D eigenvalue weighted by Crippen LogP contribution is -2.30. The van der Waals surface area contributed by atoms with Crippen LogP contribution >= 0.6 is 11.6 Å². The summed E-state index contributed by atoms with van der Waals surface area (Å²) < 4.78 is 0. The number of rotatable bonds is 9. The fourth-order valence-electron chi connectivity index (χ4n) is 3.87. The molecule has 0 fully saturated rings. The summed E-state index contributed by atoms with van der Waals surface area (Å²) in [6.07, 6.45) is 4.83. The molecule has 0 bridgehead atoms. The van der Waals surface area contributed by atoms with Gasteiger partial charge in [-0.25, -0.2) is 0 Å². The Balaban J connectivity index is 1.47. The maximum atomic E-state index is 13.2. The van der Waals surface area contributed by atoms with Crippen LogP contribution in [0, 0.1) is 0 Å². The van der Waals surface area contributed by atoms with Crippen molar-refractivity contribution in [3.63, 3.8) is 0 Å². The Bertz CT molecular complexity index is 1560. The minimum absolute atomic E-state index is 0.0218. The van der Waals surface area contributed by atoms with E-state index in [2.05, 4.69) is 36.6 Å². The summed E-state index contributed by atoms with van der Waals surface area (Å²) in [6.45, 7) is 4.27. The molecule has 5 nitrogen and oxygen atoms in total. The number of anilines is 1. The molecule has 0 unspecified atom stereocenters. The Morgan fingerprint density at radius 1 is 0.750 bits per heavy atom. The topological polar surface area (TPSA) is 75.3 Å². The molecule has 200 valence electrons. The van der Waals surface area contributed by atoms with E-state index in [4.69, 9.17) is 11.6 Å². The highest BCUT2D eigenvalue weighted by atomic mass is 35.5. The van der Waals surface area contributed by atoms with E-state index in [0.717, 1.165) is 5.56 Å². The third kappa shape index (κ3) is 7.65. The van der Waals surface area contributed by atoms with Gasteiger partial charge in [0.05, 0.1) is 0 Å². The summed E-state index contributed by atoms with van der Waals surface area (Å²) in [7, 11) is 0. The maximum absolute atomic E-state index is 13.2. The summed E-state index contributed by atoms with van der Waals surface area (Å²) in [5.41, 5.74) is 4.14. The van der Waals surface area contributed by atoms with Gasteiger partial charge < -0.3 is 10.6 Å². The molecule has 2 amide bonds. The molecule has 0 radical (unpaired) electrons. The first-order valence-electron chi connectivity index (χ1n) is 12.9. The quantitative estimate of drug-likeness (QED) is 0.166. The Kier molecular flexibility index (Phi) is 9.44. The molecule has 4 aromatic carbocycles. The number of benzene rings is 4. The predicted octanol–water partition coefficient (Wildman–Crippen LogP) is 7.77. The fourth-order valence-corrected chi connectivity index (χ4v) is 4.06. The highest BCUT2D eigenvalue weighted by molar-refractivity contribution is 6.32. The van der Waals surface area contributed by atoms with Gasteiger partial charge in [0, 0.05) is 21.8 Å². The van der Waals surface area contributed by atoms with Crippen molar-refractivity contribution in [2.24, 2.45) is 0 Å². The Hall–Kier alpha value is -4.74. The molecular weight excluding hydrogens is 520 g/mol. The summed E-state index contributed by atoms with van der Waals surface area (Å²) in [5.74, 6) is -0.671. The second-order valence-corrected chi connectivity index (χ2v) is 9.86. The van der Waals surface area contributed by atoms with Crippen molar-refractivity contribution in [3.05, 3.63) is 148 Å². The van der Waals surface area contributed by atoms with Gasteiger partial charge in [0.2, 0.25) is 0 Å². The molecule has 6 heteroatoms. The number of hydrogen-bond donors (Lipinski definition) is 2. The first-order chi connectivity index (χ1) is 19.3. The van der Waals surface area contributed by atoms with Crippen molar-refractivity contribution in [2.45, 2.75) is 19.8 Å². The van der Waals surface area contributed by atoms with Gasteiger partial charge >= 0.3 is 0 Å². The Labute approximate surface area is 239 Å². The highest BCUT2D eigenvalue weighted by Gasteiger charge is 2.16. The van der Waals surface area contributed by atoms with E-state index >= 15 is 0 Å². The molecule has 2 N–H and O–H groups in total. The summed E-state index contributed by atoms with van der Waals surface area (Å²) in [4.78, 5) is 38.7. The molecule has 0 atom stereocenters. The van der Waals surface area contributed by atoms with E-state index in [1.54, 1.807) is 84.9 Å². The summed E-state index contributed by atoms with van der Waals surface area (Å²) in [5, 5.41) is 5.91. The number of ketones is 1. The van der Waals surface area contributed by atoms with Crippen LogP contribution in [0.15, 0.2) is 115 Å². The lowest BCUT2D eigenvalue weighted by molar-refractivity contribution is -0.113. The highest BCUT2D eigenvalue weighted by Crippen LogP contribution is 2.20. The van der Waals surface area contributed by atoms with E-state index < -0.39 is 11.8 Å². The fraction of sp³-hybridized carbons (Fsp3) is 0.0882. The van der Waals surface area contributed by atoms with Crippen LogP contribution in [0.4, 0.5) is 5.69 Å². The van der Waals surface area contributed by atoms with Crippen molar-refractivity contribution < 1.29 is 14.4 Å². The number of hydrogen-bond acceptors (Lipinski definition) is 3. The van der Waals surface area contributed by atoms with Gasteiger partial charge in [0.15, 0.2) is 5.78 Å². The lowest BCUT2D eigenvalue weighted by Gasteiger charge is -2.12. The van der Waals surface area contributed by atoms with Crippen molar-refractivity contribution in [3.8, 4) is 0 Å². The van der Waals surface area contributed by atoms with Crippen LogP contribution in [0.2, 0.25) is 5.02 Å². The third-order valence-corrected chi connectivity index (χ3v) is 6.54. The molecule has 4 aromatic rings. The molecule has 0 aromatic heterocycles. The van der Waals surface area contributed by atoms with Crippen LogP contribution < -0.4 is 10.6 Å². The van der Waals surface area contributed by atoms with Gasteiger partial charge in [0.1, 0.15) is 5.70 Å². The monoisotopic (exact) mass is 548 g/mol. The lowest BCUT2D eigenvalue weighted by atomic mass is 10.0. The summed E-state index contributed by atoms with van der Waals surface area (Å²) in [6, 6.07) is 30.3. The number of carbonyl (C=O) groups is 3. The first kappa shape index (κ1) is 28.3. The molecule has 0 aliphatic carbocycles. The second-order valence-electron chi connectivity index (χ2n) is 9.45. The van der Waals surface area contributed by atoms with Gasteiger partial charge in [-0.1, -0.05) is 92.2 Å². The van der Waals surface area contributed by atoms with Gasteiger partial charge in [-0.15, -0.1) is 0 Å². The average molecular weight is 549 g/mol. The van der Waals surface area contributed by atoms with Gasteiger partial charge in [0.25, 0.3) is 11.8 Å². The average Bonchev–Trinajstić information content (AvgIpc) is 2.97. The largest absolute Gasteiger partial charge is 0.321 e. The van der Waals surface area contributed by atoms with E-state index in [0.29, 0.717) is 33.3 Å². The Morgan fingerprint density at radius 3 is 2.05 bits per heavy atom. The molecule has 0 saturated heterocycles. The zero-order chi connectivity index (χ0) is 28.5. The number of nitrogens with one attached hydrogen (secondary N) is 2. The first-order valence-corrected chi connectivity index (χ1v) is 13.2. The van der Waals surface area contributed by atoms with Gasteiger partial charge in [-0.2, -0.15) is 0 Å². The molecular formula is C34H29ClN2O3. The standard InChI is InChI=1S/C34H29ClN2O3/c1-23(2)25-15-12-24(13-16-25)14-21-32(38)26-17-19-29(20-18-26)36-34(40)31(22-28-10-6-7-11-30(28)35)37-33(39)27-8-4-3-5-9-27/h3-23H,1-2H3,(H,36,40)(H,37,39)/b21-14+,31-22-. The molecule has 0 aliphatic rings. The number of allylic oxidation sites excluding steroid dienone is 1. The van der Waals surface area contributed by atoms with Crippen molar-refractivity contribution >= 4 is 47.0 Å². The summed E-state index contributed by atoms with van der Waals surface area (Å²) >= 11 is 6.29. The molecule has 40 heavy (non-hydrogen) atoms. The SMILES string of the molecule is CC(C)c1ccc(/C=C/C(=O)c2ccc(NC(=O)/C(=C/c3ccccc3Cl)NC(=O)c3ccccc3)cc2)cc1. The van der Waals surface area contributed by atoms with Crippen LogP contribution in [0.3, 0.4) is 0 Å². The Morgan fingerprint density at radius 2 is 1.40 bits per heavy atom. The van der Waals surface area contributed by atoms with Gasteiger partial charge in [-0.3, -0.25) is 14.4 Å². The van der Waals surface area contributed by atoms with E-state index in [1.807, 2.05) is 12.1 Å². The zero-order valence-electron chi connectivity index (χ0n) is 22.2. The van der Waals surface area contributed by atoms with Crippen LogP contribution in [0.5, 0.6) is 0 Å². The second kappa shape index (κ2) is 13.4. The van der Waals surface area contributed by atoms with Gasteiger partial charge in [-0.05, 0) is 77.2 Å².